The number of amides is 2. The number of ketones is 1. The van der Waals surface area contributed by atoms with Crippen molar-refractivity contribution in [2.75, 3.05) is 13.1 Å². The Morgan fingerprint density at radius 1 is 0.923 bits per heavy atom. The van der Waals surface area contributed by atoms with Crippen molar-refractivity contribution in [3.63, 3.8) is 0 Å². The van der Waals surface area contributed by atoms with E-state index in [0.29, 0.717) is 74.8 Å². The van der Waals surface area contributed by atoms with Crippen molar-refractivity contribution >= 4 is 23.4 Å². The lowest BCUT2D eigenvalue weighted by Crippen LogP contribution is -2.59. The van der Waals surface area contributed by atoms with Crippen molar-refractivity contribution in [3.8, 4) is 11.3 Å². The van der Waals surface area contributed by atoms with Crippen molar-refractivity contribution < 1.29 is 37.4 Å². The number of alkyl halides is 3. The highest BCUT2D eigenvalue weighted by Gasteiger charge is 2.59. The molecule has 3 N–H and O–H groups in total. The maximum atomic E-state index is 14.9. The number of nitrogens with one attached hydrogen (secondary N) is 1. The molecule has 1 heterocycles. The van der Waals surface area contributed by atoms with Crippen LogP contribution in [-0.2, 0) is 12.6 Å². The largest absolute Gasteiger partial charge is 0.453 e. The zero-order valence-corrected chi connectivity index (χ0v) is 38.5. The summed E-state index contributed by atoms with van der Waals surface area (Å²) in [5.74, 6) is 1.26. The van der Waals surface area contributed by atoms with Crippen LogP contribution >= 0.6 is 11.6 Å². The van der Waals surface area contributed by atoms with Gasteiger partial charge in [0.25, 0.3) is 0 Å². The van der Waals surface area contributed by atoms with Gasteiger partial charge in [0.15, 0.2) is 5.76 Å². The molecule has 5 fully saturated rings. The van der Waals surface area contributed by atoms with E-state index in [1.165, 1.54) is 43.0 Å². The van der Waals surface area contributed by atoms with E-state index in [1.807, 2.05) is 60.4 Å². The summed E-state index contributed by atoms with van der Waals surface area (Å²) in [6.07, 6.45) is 7.87. The highest BCUT2D eigenvalue weighted by atomic mass is 35.5. The Hall–Kier alpha value is -4.38. The molecule has 7 nitrogen and oxygen atoms in total. The number of hydrogen-bond donors (Lipinski definition) is 3. The first-order valence-corrected chi connectivity index (χ1v) is 24.1. The second kappa shape index (κ2) is 17.7. The van der Waals surface area contributed by atoms with Crippen LogP contribution in [0.4, 0.5) is 18.0 Å². The molecule has 346 valence electrons. The molecular formula is C54H62ClF3N2O5. The Bertz CT molecular complexity index is 2410. The van der Waals surface area contributed by atoms with E-state index in [2.05, 4.69) is 25.2 Å². The minimum atomic E-state index is -4.61. The second-order valence-electron chi connectivity index (χ2n) is 21.0. The summed E-state index contributed by atoms with van der Waals surface area (Å²) in [5.41, 5.74) is 1.02. The van der Waals surface area contributed by atoms with Gasteiger partial charge in [-0.15, -0.1) is 0 Å². The molecule has 11 rings (SSSR count). The predicted molar refractivity (Wildman–Crippen MR) is 247 cm³/mol. The minimum absolute atomic E-state index is 0.0145. The fraction of sp³-hybridized carbons (Fsp3) is 0.519. The van der Waals surface area contributed by atoms with Gasteiger partial charge in [-0.1, -0.05) is 72.6 Å². The summed E-state index contributed by atoms with van der Waals surface area (Å²) in [6, 6.07) is 21.2. The number of carbonyl (C=O) groups is 2. The molecule has 0 radical (unpaired) electrons. The van der Waals surface area contributed by atoms with Crippen LogP contribution in [0.1, 0.15) is 148 Å². The van der Waals surface area contributed by atoms with Crippen molar-refractivity contribution in [2.45, 2.75) is 134 Å². The van der Waals surface area contributed by atoms with Crippen LogP contribution in [-0.4, -0.2) is 51.7 Å². The number of urea groups is 1. The summed E-state index contributed by atoms with van der Waals surface area (Å²) in [4.78, 5) is 31.7. The number of aliphatic hydroxyl groups excluding tert-OH is 1. The number of furan rings is 1. The molecule has 0 saturated heterocycles. The fourth-order valence-electron chi connectivity index (χ4n) is 13.3. The molecule has 2 amide bonds. The van der Waals surface area contributed by atoms with Crippen LogP contribution in [0.15, 0.2) is 94.9 Å². The third kappa shape index (κ3) is 9.21. The Morgan fingerprint density at radius 3 is 2.32 bits per heavy atom. The second-order valence-corrected chi connectivity index (χ2v) is 21.4. The molecule has 4 aromatic rings. The molecule has 0 unspecified atom stereocenters. The number of carbonyl (C=O) groups excluding carboxylic acids is 2. The average Bonchev–Trinajstić information content (AvgIpc) is 3.84. The van der Waals surface area contributed by atoms with Crippen LogP contribution in [0.25, 0.3) is 11.3 Å². The summed E-state index contributed by atoms with van der Waals surface area (Å²) in [7, 11) is 0. The van der Waals surface area contributed by atoms with Crippen LogP contribution in [0.5, 0.6) is 0 Å². The first-order valence-electron chi connectivity index (χ1n) is 23.7. The molecule has 65 heavy (non-hydrogen) atoms. The average molecular weight is 912 g/mol. The molecular weight excluding hydrogens is 849 g/mol. The van der Waals surface area contributed by atoms with Crippen LogP contribution < -0.4 is 5.32 Å². The normalized spacial score (nSPS) is 30.4. The van der Waals surface area contributed by atoms with Crippen LogP contribution in [0, 0.1) is 28.6 Å². The number of hydrogen-bond acceptors (Lipinski definition) is 5. The summed E-state index contributed by atoms with van der Waals surface area (Å²) in [5, 5.41) is 28.0. The van der Waals surface area contributed by atoms with Crippen molar-refractivity contribution in [1.29, 1.82) is 0 Å². The number of allylic oxidation sites excluding steroid dienone is 2. The first kappa shape index (κ1) is 45.8. The molecule has 11 heteroatoms. The molecule has 3 aromatic carbocycles. The van der Waals surface area contributed by atoms with Gasteiger partial charge in [0.2, 0.25) is 5.78 Å². The molecule has 7 aliphatic rings. The number of aliphatic hydroxyl groups is 2. The van der Waals surface area contributed by atoms with Gasteiger partial charge in [-0.05, 0) is 179 Å². The van der Waals surface area contributed by atoms with E-state index in [1.54, 1.807) is 0 Å². The number of rotatable bonds is 9. The molecule has 5 atom stereocenters. The van der Waals surface area contributed by atoms with E-state index in [0.717, 1.165) is 48.1 Å². The molecule has 0 aliphatic heterocycles. The zero-order chi connectivity index (χ0) is 45.9. The number of fused-ring (bicyclic) bond motifs is 8. The SMILES string of the molecule is CC1=CCC[C@@]2(C)[C@@H](CC[C@@]2(O)CN(CC23CC4CC(CC(C4)C2)C3)C(=O)N[C@H](C)c2ccccc2)c2ccc(cc2C(=O)c2ccc(-c3cc(C(F)(F)F)ccc3Cl)o2)C[C@@H](O)CC1. The van der Waals surface area contributed by atoms with Gasteiger partial charge < -0.3 is 24.8 Å². The lowest BCUT2D eigenvalue weighted by Gasteiger charge is -2.58. The van der Waals surface area contributed by atoms with Gasteiger partial charge in [-0.25, -0.2) is 4.79 Å². The van der Waals surface area contributed by atoms with Crippen molar-refractivity contribution in [2.24, 2.45) is 28.6 Å². The third-order valence-electron chi connectivity index (χ3n) is 16.4. The van der Waals surface area contributed by atoms with Crippen molar-refractivity contribution in [1.82, 2.24) is 10.2 Å². The first-order chi connectivity index (χ1) is 30.9. The Labute approximate surface area is 385 Å². The Kier molecular flexibility index (Phi) is 12.5. The summed E-state index contributed by atoms with van der Waals surface area (Å²) >= 11 is 6.40. The maximum Gasteiger partial charge on any atom is 0.416 e. The van der Waals surface area contributed by atoms with Crippen molar-refractivity contribution in [3.05, 3.63) is 129 Å². The van der Waals surface area contributed by atoms with Gasteiger partial charge in [0.05, 0.1) is 34.9 Å². The highest BCUT2D eigenvalue weighted by Crippen LogP contribution is 2.62. The number of halogens is 4. The topological polar surface area (TPSA) is 103 Å². The Balaban J connectivity index is 1.09. The predicted octanol–water partition coefficient (Wildman–Crippen LogP) is 12.9. The molecule has 7 aliphatic carbocycles. The third-order valence-corrected chi connectivity index (χ3v) is 16.7. The standard InChI is InChI=1S/C54H62ClF3N2O5/c1-33-8-7-20-51(3)45(19-21-53(51,64)32-60(50(63)59-34(2)39-9-5-4-6-10-39)31-52-28-36-22-37(29-52)24-38(23-36)30-52)42-15-12-35(25-41(61)14-11-33)26-43(42)49(62)48-18-17-47(65-48)44-27-40(54(56,57)58)13-16-46(44)55/h4-6,8-10,12-13,15-18,26-27,34,36-38,41,45,61,64H,7,11,14,19-25,28-32H2,1-3H3,(H,59,63)/t34-,36?,37?,38?,41+,45+,51+,52?,53-/m1/s1. The van der Waals surface area contributed by atoms with Gasteiger partial charge >= 0.3 is 12.2 Å². The number of benzene rings is 3. The van der Waals surface area contributed by atoms with E-state index in [-0.39, 0.29) is 52.1 Å². The van der Waals surface area contributed by atoms with Gasteiger partial charge in [-0.2, -0.15) is 13.2 Å². The molecule has 6 bridgehead atoms. The minimum Gasteiger partial charge on any atom is -0.453 e. The van der Waals surface area contributed by atoms with Gasteiger partial charge in [-0.3, -0.25) is 4.79 Å². The zero-order valence-electron chi connectivity index (χ0n) is 37.7. The Morgan fingerprint density at radius 2 is 1.63 bits per heavy atom. The van der Waals surface area contributed by atoms with Gasteiger partial charge in [0, 0.05) is 23.1 Å². The smallest absolute Gasteiger partial charge is 0.416 e. The summed E-state index contributed by atoms with van der Waals surface area (Å²) < 4.78 is 47.3. The van der Waals surface area contributed by atoms with Crippen LogP contribution in [0.2, 0.25) is 5.02 Å². The van der Waals surface area contributed by atoms with Crippen LogP contribution in [0.3, 0.4) is 0 Å². The molecule has 5 saturated carbocycles. The van der Waals surface area contributed by atoms with E-state index >= 15 is 0 Å². The van der Waals surface area contributed by atoms with E-state index in [9.17, 15) is 33.0 Å². The summed E-state index contributed by atoms with van der Waals surface area (Å²) in [6.45, 7) is 6.94. The molecule has 0 spiro atoms. The van der Waals surface area contributed by atoms with E-state index in [4.69, 9.17) is 16.0 Å². The molecule has 1 aromatic heterocycles. The number of nitrogens with zero attached hydrogens (tertiary/aromatic N) is 1. The van der Waals surface area contributed by atoms with Gasteiger partial charge in [0.1, 0.15) is 5.76 Å². The monoisotopic (exact) mass is 910 g/mol. The highest BCUT2D eigenvalue weighted by molar-refractivity contribution is 6.33. The van der Waals surface area contributed by atoms with E-state index < -0.39 is 34.6 Å². The quantitative estimate of drug-likeness (QED) is 0.115. The maximum absolute atomic E-state index is 14.9. The lowest BCUT2D eigenvalue weighted by molar-refractivity contribution is -0.137. The lowest BCUT2D eigenvalue weighted by atomic mass is 9.49. The fourth-order valence-corrected chi connectivity index (χ4v) is 13.5.